The van der Waals surface area contributed by atoms with Crippen LogP contribution < -0.4 is 21.1 Å². The average molecular weight is 390 g/mol. The van der Waals surface area contributed by atoms with E-state index in [9.17, 15) is 18.0 Å². The lowest BCUT2D eigenvalue weighted by Gasteiger charge is -2.10. The predicted octanol–water partition coefficient (Wildman–Crippen LogP) is 1.79. The van der Waals surface area contributed by atoms with Crippen LogP contribution in [0.3, 0.4) is 0 Å². The van der Waals surface area contributed by atoms with Gasteiger partial charge in [0.25, 0.3) is 5.91 Å². The Morgan fingerprint density at radius 3 is 2.11 bits per heavy atom. The summed E-state index contributed by atoms with van der Waals surface area (Å²) in [5, 5.41) is 13.2. The van der Waals surface area contributed by atoms with Crippen LogP contribution in [0.2, 0.25) is 0 Å². The molecule has 0 aliphatic heterocycles. The molecular weight excluding hydrogens is 368 g/mol. The minimum Gasteiger partial charge on any atom is -0.336 e. The van der Waals surface area contributed by atoms with E-state index in [0.717, 1.165) is 5.56 Å². The minimum absolute atomic E-state index is 0.0288. The third kappa shape index (κ3) is 6.39. The number of amides is 3. The summed E-state index contributed by atoms with van der Waals surface area (Å²) in [4.78, 5) is 23.8. The first-order valence-corrected chi connectivity index (χ1v) is 9.77. The van der Waals surface area contributed by atoms with Gasteiger partial charge in [0.1, 0.15) is 0 Å². The third-order valence-electron chi connectivity index (χ3n) is 3.53. The highest BCUT2D eigenvalue weighted by molar-refractivity contribution is 7.89. The maximum atomic E-state index is 12.3. The second kappa shape index (κ2) is 8.65. The van der Waals surface area contributed by atoms with Crippen LogP contribution in [0.4, 0.5) is 10.5 Å². The summed E-state index contributed by atoms with van der Waals surface area (Å²) in [7, 11) is -3.77. The number of rotatable bonds is 6. The van der Waals surface area contributed by atoms with Gasteiger partial charge in [-0.1, -0.05) is 12.1 Å². The van der Waals surface area contributed by atoms with Gasteiger partial charge >= 0.3 is 6.03 Å². The number of primary sulfonamides is 1. The molecule has 0 spiro atoms. The molecule has 8 nitrogen and oxygen atoms in total. The molecule has 0 aromatic heterocycles. The molecule has 5 N–H and O–H groups in total. The third-order valence-corrected chi connectivity index (χ3v) is 4.46. The lowest BCUT2D eigenvalue weighted by atomic mass is 10.1. The molecule has 0 aliphatic carbocycles. The van der Waals surface area contributed by atoms with Gasteiger partial charge in [0.2, 0.25) is 10.0 Å². The van der Waals surface area contributed by atoms with Crippen LogP contribution in [0.15, 0.2) is 53.4 Å². The SMILES string of the molecule is CC(C)NC(=O)NCc1ccc(C(=O)Nc2ccc(S(N)(=O)=O)cc2)cc1. The fourth-order valence-corrected chi connectivity index (χ4v) is 2.72. The monoisotopic (exact) mass is 390 g/mol. The quantitative estimate of drug-likeness (QED) is 0.599. The molecular formula is C18H22N4O4S. The van der Waals surface area contributed by atoms with Gasteiger partial charge in [0.05, 0.1) is 4.90 Å². The number of hydrogen-bond donors (Lipinski definition) is 4. The summed E-state index contributed by atoms with van der Waals surface area (Å²) < 4.78 is 22.5. The Bertz CT molecular complexity index is 907. The van der Waals surface area contributed by atoms with Crippen molar-refractivity contribution in [3.8, 4) is 0 Å². The fraction of sp³-hybridized carbons (Fsp3) is 0.222. The Labute approximate surface area is 158 Å². The number of nitrogens with one attached hydrogen (secondary N) is 3. The molecule has 0 bridgehead atoms. The fourth-order valence-electron chi connectivity index (χ4n) is 2.20. The van der Waals surface area contributed by atoms with Gasteiger partial charge in [-0.2, -0.15) is 0 Å². The largest absolute Gasteiger partial charge is 0.336 e. The topological polar surface area (TPSA) is 130 Å². The van der Waals surface area contributed by atoms with Crippen molar-refractivity contribution in [2.75, 3.05) is 5.32 Å². The van der Waals surface area contributed by atoms with Crippen LogP contribution >= 0.6 is 0 Å². The summed E-state index contributed by atoms with van der Waals surface area (Å²) in [5.74, 6) is -0.338. The zero-order valence-corrected chi connectivity index (χ0v) is 15.8. The van der Waals surface area contributed by atoms with Crippen LogP contribution in [0.1, 0.15) is 29.8 Å². The van der Waals surface area contributed by atoms with Gasteiger partial charge in [-0.05, 0) is 55.8 Å². The maximum Gasteiger partial charge on any atom is 0.315 e. The molecule has 0 saturated heterocycles. The highest BCUT2D eigenvalue weighted by atomic mass is 32.2. The number of urea groups is 1. The lowest BCUT2D eigenvalue weighted by Crippen LogP contribution is -2.39. The van der Waals surface area contributed by atoms with Gasteiger partial charge < -0.3 is 16.0 Å². The summed E-state index contributed by atoms with van der Waals surface area (Å²) in [6.07, 6.45) is 0. The molecule has 144 valence electrons. The molecule has 2 aromatic rings. The average Bonchev–Trinajstić information content (AvgIpc) is 2.59. The van der Waals surface area contributed by atoms with E-state index >= 15 is 0 Å². The van der Waals surface area contributed by atoms with Crippen molar-refractivity contribution in [3.05, 3.63) is 59.7 Å². The molecule has 9 heteroatoms. The Morgan fingerprint density at radius 1 is 1.00 bits per heavy atom. The van der Waals surface area contributed by atoms with Crippen molar-refractivity contribution >= 4 is 27.6 Å². The van der Waals surface area contributed by atoms with E-state index < -0.39 is 10.0 Å². The number of benzene rings is 2. The Kier molecular flexibility index (Phi) is 6.54. The normalized spacial score (nSPS) is 11.1. The molecule has 0 aliphatic rings. The zero-order chi connectivity index (χ0) is 20.0. The smallest absolute Gasteiger partial charge is 0.315 e. The van der Waals surface area contributed by atoms with Crippen LogP contribution in [0.25, 0.3) is 0 Å². The first-order chi connectivity index (χ1) is 12.6. The van der Waals surface area contributed by atoms with Crippen LogP contribution in [-0.2, 0) is 16.6 Å². The van der Waals surface area contributed by atoms with E-state index in [4.69, 9.17) is 5.14 Å². The minimum atomic E-state index is -3.77. The second-order valence-corrected chi connectivity index (χ2v) is 7.76. The van der Waals surface area contributed by atoms with Crippen molar-refractivity contribution in [1.82, 2.24) is 10.6 Å². The van der Waals surface area contributed by atoms with Crippen LogP contribution in [0, 0.1) is 0 Å². The summed E-state index contributed by atoms with van der Waals surface area (Å²) in [6, 6.07) is 12.1. The first-order valence-electron chi connectivity index (χ1n) is 8.22. The van der Waals surface area contributed by atoms with E-state index in [1.54, 1.807) is 24.3 Å². The van der Waals surface area contributed by atoms with Crippen molar-refractivity contribution in [2.45, 2.75) is 31.3 Å². The highest BCUT2D eigenvalue weighted by Gasteiger charge is 2.10. The van der Waals surface area contributed by atoms with Crippen molar-refractivity contribution < 1.29 is 18.0 Å². The highest BCUT2D eigenvalue weighted by Crippen LogP contribution is 2.14. The summed E-state index contributed by atoms with van der Waals surface area (Å²) in [5.41, 5.74) is 1.73. The summed E-state index contributed by atoms with van der Waals surface area (Å²) in [6.45, 7) is 4.08. The zero-order valence-electron chi connectivity index (χ0n) is 15.0. The Morgan fingerprint density at radius 2 is 1.59 bits per heavy atom. The number of nitrogens with two attached hydrogens (primary N) is 1. The molecule has 0 unspecified atom stereocenters. The summed E-state index contributed by atoms with van der Waals surface area (Å²) >= 11 is 0. The molecule has 3 amide bonds. The van der Waals surface area contributed by atoms with Crippen molar-refractivity contribution in [3.63, 3.8) is 0 Å². The van der Waals surface area contributed by atoms with E-state index in [-0.39, 0.29) is 22.9 Å². The van der Waals surface area contributed by atoms with Crippen LogP contribution in [-0.4, -0.2) is 26.4 Å². The van der Waals surface area contributed by atoms with Crippen molar-refractivity contribution in [2.24, 2.45) is 5.14 Å². The standard InChI is InChI=1S/C18H22N4O4S/c1-12(2)21-18(24)20-11-13-3-5-14(6-4-13)17(23)22-15-7-9-16(10-8-15)27(19,25)26/h3-10,12H,11H2,1-2H3,(H,22,23)(H2,19,25,26)(H2,20,21,24). The molecule has 2 rings (SSSR count). The van der Waals surface area contributed by atoms with E-state index in [1.165, 1.54) is 24.3 Å². The molecule has 0 fully saturated rings. The Balaban J connectivity index is 1.94. The lowest BCUT2D eigenvalue weighted by molar-refractivity contribution is 0.102. The van der Waals surface area contributed by atoms with E-state index in [2.05, 4.69) is 16.0 Å². The molecule has 0 atom stereocenters. The molecule has 27 heavy (non-hydrogen) atoms. The number of carbonyl (C=O) groups excluding carboxylic acids is 2. The molecule has 0 heterocycles. The second-order valence-electron chi connectivity index (χ2n) is 6.20. The molecule has 0 saturated carbocycles. The number of carbonyl (C=O) groups is 2. The van der Waals surface area contributed by atoms with Gasteiger partial charge in [0, 0.05) is 23.8 Å². The number of hydrogen-bond acceptors (Lipinski definition) is 4. The molecule has 0 radical (unpaired) electrons. The van der Waals surface area contributed by atoms with E-state index in [0.29, 0.717) is 17.8 Å². The first kappa shape index (κ1) is 20.4. The van der Waals surface area contributed by atoms with Crippen molar-refractivity contribution in [1.29, 1.82) is 0 Å². The number of sulfonamides is 1. The van der Waals surface area contributed by atoms with Gasteiger partial charge in [0.15, 0.2) is 0 Å². The van der Waals surface area contributed by atoms with Gasteiger partial charge in [-0.15, -0.1) is 0 Å². The molecule has 2 aromatic carbocycles. The van der Waals surface area contributed by atoms with Crippen LogP contribution in [0.5, 0.6) is 0 Å². The van der Waals surface area contributed by atoms with Gasteiger partial charge in [-0.25, -0.2) is 18.4 Å². The van der Waals surface area contributed by atoms with E-state index in [1.807, 2.05) is 13.8 Å². The predicted molar refractivity (Wildman–Crippen MR) is 103 cm³/mol. The number of anilines is 1. The Hall–Kier alpha value is -2.91. The van der Waals surface area contributed by atoms with Gasteiger partial charge in [-0.3, -0.25) is 4.79 Å². The maximum absolute atomic E-state index is 12.3.